The molecule has 1 aromatic carbocycles. The summed E-state index contributed by atoms with van der Waals surface area (Å²) < 4.78 is 16.0. The molecule has 1 saturated heterocycles. The van der Waals surface area contributed by atoms with E-state index in [0.29, 0.717) is 30.3 Å². The molecule has 1 heterocycles. The Morgan fingerprint density at radius 2 is 2.08 bits per heavy atom. The molecule has 0 N–H and O–H groups in total. The molecule has 1 unspecified atom stereocenters. The van der Waals surface area contributed by atoms with Crippen LogP contribution in [-0.4, -0.2) is 49.9 Å². The summed E-state index contributed by atoms with van der Waals surface area (Å²) in [6.45, 7) is 2.45. The Balaban J connectivity index is 2.12. The third-order valence-electron chi connectivity index (χ3n) is 4.21. The number of nitrogens with zero attached hydrogens (tertiary/aromatic N) is 1. The van der Waals surface area contributed by atoms with Crippen molar-refractivity contribution in [3.8, 4) is 11.5 Å². The molecule has 0 aliphatic carbocycles. The second-order valence-corrected chi connectivity index (χ2v) is 7.22. The summed E-state index contributed by atoms with van der Waals surface area (Å²) in [5.41, 5.74) is 0.852. The van der Waals surface area contributed by atoms with Crippen molar-refractivity contribution in [1.29, 1.82) is 0 Å². The highest BCUT2D eigenvalue weighted by atomic mass is 32.2. The fourth-order valence-electron chi connectivity index (χ4n) is 2.80. The third-order valence-corrected chi connectivity index (χ3v) is 5.48. The molecule has 26 heavy (non-hydrogen) atoms. The number of hydrogen-bond acceptors (Lipinski definition) is 6. The molecule has 0 aromatic heterocycles. The molecule has 2 rings (SSSR count). The van der Waals surface area contributed by atoms with Crippen molar-refractivity contribution in [3.05, 3.63) is 23.8 Å². The predicted octanol–water partition coefficient (Wildman–Crippen LogP) is 3.40. The van der Waals surface area contributed by atoms with E-state index >= 15 is 0 Å². The van der Waals surface area contributed by atoms with Crippen molar-refractivity contribution in [2.24, 2.45) is 0 Å². The molecule has 0 saturated carbocycles. The zero-order valence-corrected chi connectivity index (χ0v) is 16.5. The van der Waals surface area contributed by atoms with Crippen LogP contribution < -0.4 is 9.47 Å². The highest BCUT2D eigenvalue weighted by molar-refractivity contribution is 7.99. The lowest BCUT2D eigenvalue weighted by atomic mass is 10.1. The second-order valence-electron chi connectivity index (χ2n) is 6.03. The summed E-state index contributed by atoms with van der Waals surface area (Å²) in [7, 11) is 3.17. The molecule has 0 radical (unpaired) electrons. The highest BCUT2D eigenvalue weighted by Gasteiger charge is 2.33. The first-order chi connectivity index (χ1) is 12.6. The molecule has 0 bridgehead atoms. The number of carbonyl (C=O) groups excluding carboxylic acids is 2. The smallest absolute Gasteiger partial charge is 0.325 e. The van der Waals surface area contributed by atoms with E-state index in [-0.39, 0.29) is 23.8 Å². The molecule has 1 aromatic rings. The summed E-state index contributed by atoms with van der Waals surface area (Å²) in [6.07, 6.45) is 3.36. The van der Waals surface area contributed by atoms with Gasteiger partial charge in [0.05, 0.1) is 20.8 Å². The van der Waals surface area contributed by atoms with Gasteiger partial charge in [-0.25, -0.2) is 0 Å². The number of benzene rings is 1. The number of ether oxygens (including phenoxy) is 3. The van der Waals surface area contributed by atoms with Crippen LogP contribution in [0.2, 0.25) is 0 Å². The van der Waals surface area contributed by atoms with Crippen molar-refractivity contribution in [3.63, 3.8) is 0 Å². The van der Waals surface area contributed by atoms with E-state index in [4.69, 9.17) is 14.2 Å². The first-order valence-corrected chi connectivity index (χ1v) is 9.94. The SMILES string of the molecule is CCCCCOC(=O)CN1C(=O)CCSC1c1ccc(OC)cc1OC. The lowest BCUT2D eigenvalue weighted by molar-refractivity contribution is -0.150. The van der Waals surface area contributed by atoms with Crippen LogP contribution in [0.5, 0.6) is 11.5 Å². The van der Waals surface area contributed by atoms with Gasteiger partial charge in [0.25, 0.3) is 0 Å². The van der Waals surface area contributed by atoms with Gasteiger partial charge in [-0.15, -0.1) is 11.8 Å². The molecule has 0 spiro atoms. The Labute approximate surface area is 159 Å². The van der Waals surface area contributed by atoms with Crippen LogP contribution in [-0.2, 0) is 14.3 Å². The third kappa shape index (κ3) is 5.30. The number of carbonyl (C=O) groups is 2. The second kappa shape index (κ2) is 10.3. The molecule has 6 nitrogen and oxygen atoms in total. The highest BCUT2D eigenvalue weighted by Crippen LogP contribution is 2.42. The van der Waals surface area contributed by atoms with E-state index in [1.54, 1.807) is 36.9 Å². The summed E-state index contributed by atoms with van der Waals surface area (Å²) in [5.74, 6) is 1.62. The average Bonchev–Trinajstić information content (AvgIpc) is 2.66. The predicted molar refractivity (Wildman–Crippen MR) is 102 cm³/mol. The van der Waals surface area contributed by atoms with Crippen LogP contribution in [0, 0.1) is 0 Å². The molecular weight excluding hydrogens is 354 g/mol. The maximum atomic E-state index is 12.5. The number of methoxy groups -OCH3 is 2. The van der Waals surface area contributed by atoms with Gasteiger partial charge in [-0.2, -0.15) is 0 Å². The van der Waals surface area contributed by atoms with Gasteiger partial charge in [0.15, 0.2) is 0 Å². The molecule has 1 fully saturated rings. The molecule has 1 atom stereocenters. The summed E-state index contributed by atoms with van der Waals surface area (Å²) in [5, 5.41) is -0.278. The van der Waals surface area contributed by atoms with E-state index in [0.717, 1.165) is 24.8 Å². The van der Waals surface area contributed by atoms with E-state index < -0.39 is 0 Å². The fourth-order valence-corrected chi connectivity index (χ4v) is 4.06. The maximum Gasteiger partial charge on any atom is 0.325 e. The van der Waals surface area contributed by atoms with Crippen LogP contribution in [0.15, 0.2) is 18.2 Å². The molecule has 144 valence electrons. The van der Waals surface area contributed by atoms with Crippen molar-refractivity contribution < 1.29 is 23.8 Å². The number of rotatable bonds is 9. The van der Waals surface area contributed by atoms with Crippen LogP contribution in [0.25, 0.3) is 0 Å². The maximum absolute atomic E-state index is 12.5. The van der Waals surface area contributed by atoms with Crippen LogP contribution in [0.3, 0.4) is 0 Å². The van der Waals surface area contributed by atoms with Crippen LogP contribution >= 0.6 is 11.8 Å². The quantitative estimate of drug-likeness (QED) is 0.482. The zero-order valence-electron chi connectivity index (χ0n) is 15.7. The number of esters is 1. The van der Waals surface area contributed by atoms with E-state index in [1.165, 1.54) is 0 Å². The van der Waals surface area contributed by atoms with Gasteiger partial charge < -0.3 is 19.1 Å². The van der Waals surface area contributed by atoms with Gasteiger partial charge in [-0.05, 0) is 18.6 Å². The molecule has 1 aliphatic heterocycles. The van der Waals surface area contributed by atoms with Crippen molar-refractivity contribution in [2.75, 3.05) is 33.1 Å². The van der Waals surface area contributed by atoms with Crippen molar-refractivity contribution in [1.82, 2.24) is 4.90 Å². The van der Waals surface area contributed by atoms with E-state index in [9.17, 15) is 9.59 Å². The summed E-state index contributed by atoms with van der Waals surface area (Å²) in [6, 6.07) is 5.50. The topological polar surface area (TPSA) is 65.1 Å². The van der Waals surface area contributed by atoms with Gasteiger partial charge in [-0.1, -0.05) is 19.8 Å². The standard InChI is InChI=1S/C19H27NO5S/c1-4-5-6-10-25-18(22)13-20-17(21)9-11-26-19(20)15-8-7-14(23-2)12-16(15)24-3/h7-8,12,19H,4-6,9-11,13H2,1-3H3. The number of unbranched alkanes of at least 4 members (excludes halogenated alkanes) is 2. The van der Waals surface area contributed by atoms with Crippen LogP contribution in [0.4, 0.5) is 0 Å². The van der Waals surface area contributed by atoms with Gasteiger partial charge >= 0.3 is 5.97 Å². The van der Waals surface area contributed by atoms with E-state index in [1.807, 2.05) is 12.1 Å². The Kier molecular flexibility index (Phi) is 8.09. The average molecular weight is 381 g/mol. The summed E-state index contributed by atoms with van der Waals surface area (Å²) >= 11 is 1.62. The minimum absolute atomic E-state index is 0.0438. The van der Waals surface area contributed by atoms with Gasteiger partial charge in [0.2, 0.25) is 5.91 Å². The first-order valence-electron chi connectivity index (χ1n) is 8.89. The molecule has 1 aliphatic rings. The Bertz CT molecular complexity index is 622. The monoisotopic (exact) mass is 381 g/mol. The van der Waals surface area contributed by atoms with Crippen molar-refractivity contribution in [2.45, 2.75) is 38.0 Å². The fraction of sp³-hybridized carbons (Fsp3) is 0.579. The lowest BCUT2D eigenvalue weighted by Gasteiger charge is -2.35. The van der Waals surface area contributed by atoms with Gasteiger partial charge in [0.1, 0.15) is 23.4 Å². The molecule has 1 amide bonds. The largest absolute Gasteiger partial charge is 0.497 e. The lowest BCUT2D eigenvalue weighted by Crippen LogP contribution is -2.41. The first kappa shape index (κ1) is 20.4. The Hall–Kier alpha value is -1.89. The molecular formula is C19H27NO5S. The van der Waals surface area contributed by atoms with Gasteiger partial charge in [-0.3, -0.25) is 9.59 Å². The van der Waals surface area contributed by atoms with Crippen LogP contribution in [0.1, 0.15) is 43.5 Å². The number of thioether (sulfide) groups is 1. The number of amides is 1. The zero-order chi connectivity index (χ0) is 18.9. The Morgan fingerprint density at radius 3 is 2.77 bits per heavy atom. The summed E-state index contributed by atoms with van der Waals surface area (Å²) in [4.78, 5) is 26.2. The molecule has 7 heteroatoms. The van der Waals surface area contributed by atoms with E-state index in [2.05, 4.69) is 6.92 Å². The Morgan fingerprint density at radius 1 is 1.27 bits per heavy atom. The van der Waals surface area contributed by atoms with Crippen molar-refractivity contribution >= 4 is 23.6 Å². The normalized spacial score (nSPS) is 17.1. The van der Waals surface area contributed by atoms with Gasteiger partial charge in [0, 0.05) is 23.8 Å². The minimum atomic E-state index is -0.366. The number of hydrogen-bond donors (Lipinski definition) is 0. The minimum Gasteiger partial charge on any atom is -0.497 e.